The molecule has 0 aromatic heterocycles. The number of nitrogens with zero attached hydrogens (tertiary/aromatic N) is 6. The summed E-state index contributed by atoms with van der Waals surface area (Å²) in [5.41, 5.74) is 1.77. The molecule has 0 spiro atoms. The molecule has 2 aromatic carbocycles. The quantitative estimate of drug-likeness (QED) is 0.0795. The molecule has 62 heavy (non-hydrogen) atoms. The minimum absolute atomic E-state index is 0.344. The van der Waals surface area contributed by atoms with Crippen LogP contribution in [0.25, 0.3) is 0 Å². The molecule has 2 aliphatic heterocycles. The van der Waals surface area contributed by atoms with Crippen molar-refractivity contribution in [2.24, 2.45) is 0 Å². The maximum Gasteiger partial charge on any atom is 0.410 e. The first kappa shape index (κ1) is 51.0. The zero-order chi connectivity index (χ0) is 45.5. The Morgan fingerprint density at radius 1 is 0.516 bits per heavy atom. The molecule has 350 valence electrons. The zero-order valence-corrected chi connectivity index (χ0v) is 39.2. The number of rotatable bonds is 23. The van der Waals surface area contributed by atoms with E-state index in [2.05, 4.69) is 13.8 Å². The van der Waals surface area contributed by atoms with Crippen LogP contribution in [0.15, 0.2) is 48.5 Å². The van der Waals surface area contributed by atoms with Crippen molar-refractivity contribution >= 4 is 23.6 Å². The highest BCUT2D eigenvalue weighted by molar-refractivity contribution is 5.68. The number of anilines is 2. The van der Waals surface area contributed by atoms with E-state index >= 15 is 0 Å². The summed E-state index contributed by atoms with van der Waals surface area (Å²) in [6, 6.07) is 15.3. The van der Waals surface area contributed by atoms with Crippen LogP contribution in [0, 0.1) is 0 Å². The van der Waals surface area contributed by atoms with Crippen molar-refractivity contribution in [2.75, 3.05) is 62.2 Å². The number of benzene rings is 2. The molecule has 4 unspecified atom stereocenters. The lowest BCUT2D eigenvalue weighted by Crippen LogP contribution is -2.55. The summed E-state index contributed by atoms with van der Waals surface area (Å²) in [6.45, 7) is 18.8. The summed E-state index contributed by atoms with van der Waals surface area (Å²) in [5, 5.41) is 45.9. The Bertz CT molecular complexity index is 1530. The Morgan fingerprint density at radius 3 is 1.23 bits per heavy atom. The molecule has 2 amide bonds. The second-order valence-corrected chi connectivity index (χ2v) is 18.9. The smallest absolute Gasteiger partial charge is 0.410 e. The van der Waals surface area contributed by atoms with Gasteiger partial charge in [0.1, 0.15) is 23.7 Å². The van der Waals surface area contributed by atoms with Crippen LogP contribution in [0.2, 0.25) is 0 Å². The Labute approximate surface area is 372 Å². The number of hydrogen-bond donors (Lipinski definition) is 4. The molecule has 0 saturated carbocycles. The normalized spacial score (nSPS) is 19.5. The first-order valence-electron chi connectivity index (χ1n) is 23.4. The molecule has 4 N–H and O–H groups in total. The Hall–Kier alpha value is -3.66. The largest absolute Gasteiger partial charge is 0.444 e. The summed E-state index contributed by atoms with van der Waals surface area (Å²) in [6.07, 6.45) is 5.71. The molecule has 2 heterocycles. The Balaban J connectivity index is 1.38. The van der Waals surface area contributed by atoms with Crippen molar-refractivity contribution < 1.29 is 39.5 Å². The van der Waals surface area contributed by atoms with Crippen molar-refractivity contribution in [3.8, 4) is 0 Å². The van der Waals surface area contributed by atoms with Crippen LogP contribution < -0.4 is 9.80 Å². The van der Waals surface area contributed by atoms with Gasteiger partial charge in [0.2, 0.25) is 0 Å². The van der Waals surface area contributed by atoms with Gasteiger partial charge in [-0.05, 0) is 92.2 Å². The van der Waals surface area contributed by atoms with E-state index in [1.807, 2.05) is 99.9 Å². The van der Waals surface area contributed by atoms with E-state index < -0.39 is 48.5 Å². The van der Waals surface area contributed by atoms with Gasteiger partial charge in [0.25, 0.3) is 0 Å². The van der Waals surface area contributed by atoms with Crippen LogP contribution >= 0.6 is 0 Å². The van der Waals surface area contributed by atoms with Crippen molar-refractivity contribution in [3.63, 3.8) is 0 Å². The van der Waals surface area contributed by atoms with Gasteiger partial charge in [-0.25, -0.2) is 19.4 Å². The van der Waals surface area contributed by atoms with Crippen molar-refractivity contribution in [1.82, 2.24) is 19.6 Å². The van der Waals surface area contributed by atoms with Crippen LogP contribution in [0.3, 0.4) is 0 Å². The molecule has 0 radical (unpaired) electrons. The lowest BCUT2D eigenvalue weighted by atomic mass is 10.1. The minimum atomic E-state index is -1.01. The number of amides is 2. The van der Waals surface area contributed by atoms with Gasteiger partial charge in [-0.3, -0.25) is 0 Å². The predicted molar refractivity (Wildman–Crippen MR) is 245 cm³/mol. The van der Waals surface area contributed by atoms with Gasteiger partial charge in [0.15, 0.2) is 12.7 Å². The predicted octanol–water partition coefficient (Wildman–Crippen LogP) is 8.36. The van der Waals surface area contributed by atoms with Crippen LogP contribution in [0.4, 0.5) is 21.0 Å². The molecule has 4 rings (SSSR count). The van der Waals surface area contributed by atoms with E-state index in [1.54, 1.807) is 19.6 Å². The number of aliphatic hydroxyl groups is 4. The van der Waals surface area contributed by atoms with Gasteiger partial charge in [0.05, 0.1) is 0 Å². The fourth-order valence-corrected chi connectivity index (χ4v) is 8.25. The first-order valence-corrected chi connectivity index (χ1v) is 23.4. The lowest BCUT2D eigenvalue weighted by Gasteiger charge is -2.46. The molecular weight excluding hydrogens is 789 g/mol. The number of fused-ring (bicyclic) bond motifs is 2. The van der Waals surface area contributed by atoms with Gasteiger partial charge in [-0.15, -0.1) is 0 Å². The van der Waals surface area contributed by atoms with Crippen LogP contribution in [0.1, 0.15) is 156 Å². The first-order chi connectivity index (χ1) is 29.5. The number of para-hydroxylation sites is 2. The van der Waals surface area contributed by atoms with E-state index in [1.165, 1.54) is 0 Å². The highest BCUT2D eigenvalue weighted by Gasteiger charge is 2.38. The number of carbonyl (C=O) groups is 2. The Kier molecular flexibility index (Phi) is 20.1. The monoisotopic (exact) mass is 869 g/mol. The number of unbranched alkanes of at least 4 members (excludes halogenated alkanes) is 7. The maximum atomic E-state index is 13.5. The SMILES string of the molecule is CCCCCCN1c2ccccc2C(O)N(CCCN(CCCCN(CCCN2C(O)c3ccccc3N(CCCCCC)C2O)C(=O)OC(C)(C)C)C(=O)OC(C)(C)C)C1O. The van der Waals surface area contributed by atoms with Crippen LogP contribution in [-0.4, -0.2) is 128 Å². The number of hydrogen-bond acceptors (Lipinski definition) is 12. The average molecular weight is 869 g/mol. The molecule has 14 heteroatoms. The lowest BCUT2D eigenvalue weighted by molar-refractivity contribution is -0.114. The fraction of sp³-hybridized carbons (Fsp3) is 0.708. The highest BCUT2D eigenvalue weighted by Crippen LogP contribution is 2.38. The van der Waals surface area contributed by atoms with E-state index in [-0.39, 0.29) is 0 Å². The second-order valence-electron chi connectivity index (χ2n) is 18.9. The molecule has 0 bridgehead atoms. The third-order valence-electron chi connectivity index (χ3n) is 11.4. The van der Waals surface area contributed by atoms with Crippen molar-refractivity contribution in [2.45, 2.75) is 169 Å². The molecular formula is C48H80N6O8. The van der Waals surface area contributed by atoms with Crippen LogP contribution in [0.5, 0.6) is 0 Å². The summed E-state index contributed by atoms with van der Waals surface area (Å²) in [4.78, 5) is 37.7. The van der Waals surface area contributed by atoms with Crippen molar-refractivity contribution in [3.05, 3.63) is 59.7 Å². The van der Waals surface area contributed by atoms with Gasteiger partial charge in [-0.1, -0.05) is 88.8 Å². The fourth-order valence-electron chi connectivity index (χ4n) is 8.25. The van der Waals surface area contributed by atoms with Crippen molar-refractivity contribution in [1.29, 1.82) is 0 Å². The van der Waals surface area contributed by atoms with E-state index in [4.69, 9.17) is 9.47 Å². The topological polar surface area (TPSA) is 153 Å². The Morgan fingerprint density at radius 2 is 0.871 bits per heavy atom. The average Bonchev–Trinajstić information content (AvgIpc) is 3.21. The van der Waals surface area contributed by atoms with E-state index in [0.29, 0.717) is 78.0 Å². The second kappa shape index (κ2) is 24.4. The van der Waals surface area contributed by atoms with Crippen LogP contribution in [-0.2, 0) is 9.47 Å². The highest BCUT2D eigenvalue weighted by atomic mass is 16.6. The summed E-state index contributed by atoms with van der Waals surface area (Å²) < 4.78 is 11.6. The summed E-state index contributed by atoms with van der Waals surface area (Å²) in [5.74, 6) is 0. The number of carbonyl (C=O) groups excluding carboxylic acids is 2. The van der Waals surface area contributed by atoms with Gasteiger partial charge in [-0.2, -0.15) is 0 Å². The standard InChI is InChI=1S/C48H80N6O8/c1-9-11-13-19-33-51-39-27-17-15-25-37(39)41(55)53(43(51)57)35-23-31-49(45(59)61-47(3,4)5)29-21-22-30-50(46(60)62-48(6,7)8)32-24-36-54-42(56)38-26-16-18-28-40(38)52(44(54)58)34-20-14-12-10-2/h15-18,25-28,41-44,55-58H,9-14,19-24,29-36H2,1-8H3. The van der Waals surface area contributed by atoms with Gasteiger partial charge in [0, 0.05) is 74.9 Å². The summed E-state index contributed by atoms with van der Waals surface area (Å²) >= 11 is 0. The molecule has 0 saturated heterocycles. The number of aliphatic hydroxyl groups excluding tert-OH is 4. The number of ether oxygens (including phenoxy) is 2. The minimum Gasteiger partial charge on any atom is -0.444 e. The molecule has 0 aliphatic carbocycles. The zero-order valence-electron chi connectivity index (χ0n) is 39.2. The summed E-state index contributed by atoms with van der Waals surface area (Å²) in [7, 11) is 0. The molecule has 4 atom stereocenters. The third kappa shape index (κ3) is 15.0. The van der Waals surface area contributed by atoms with E-state index in [9.17, 15) is 30.0 Å². The molecule has 2 aliphatic rings. The van der Waals surface area contributed by atoms with Gasteiger partial charge >= 0.3 is 12.2 Å². The maximum absolute atomic E-state index is 13.5. The molecule has 0 fully saturated rings. The third-order valence-corrected chi connectivity index (χ3v) is 11.4. The van der Waals surface area contributed by atoms with E-state index in [0.717, 1.165) is 73.9 Å². The van der Waals surface area contributed by atoms with Gasteiger partial charge < -0.3 is 49.5 Å². The molecule has 14 nitrogen and oxygen atoms in total. The molecule has 2 aromatic rings.